The van der Waals surface area contributed by atoms with Crippen LogP contribution < -0.4 is 0 Å². The normalized spacial score (nSPS) is 10.1. The number of rotatable bonds is 3. The van der Waals surface area contributed by atoms with Crippen LogP contribution >= 0.6 is 0 Å². The third-order valence-electron chi connectivity index (χ3n) is 0.965. The monoisotopic (exact) mass is 208 g/mol. The average Bonchev–Trinajstić information content (AvgIpc) is 1.81. The van der Waals surface area contributed by atoms with Gasteiger partial charge in [-0.05, 0) is 6.92 Å². The molecule has 0 aromatic heterocycles. The van der Waals surface area contributed by atoms with Gasteiger partial charge < -0.3 is 10.2 Å². The first kappa shape index (κ1) is 12.9. The standard InChI is InChI=1S/C6H8O4.Zn/c1-2-4(6(9)10)3-5(7)8;/h2H,3H2,1H3,(H,7,8)(H,9,10);. The van der Waals surface area contributed by atoms with Crippen LogP contribution in [0.5, 0.6) is 0 Å². The van der Waals surface area contributed by atoms with E-state index in [4.69, 9.17) is 10.2 Å². The zero-order valence-corrected chi connectivity index (χ0v) is 9.17. The van der Waals surface area contributed by atoms with Gasteiger partial charge in [0.2, 0.25) is 0 Å². The summed E-state index contributed by atoms with van der Waals surface area (Å²) in [6, 6.07) is 0. The summed E-state index contributed by atoms with van der Waals surface area (Å²) in [5.41, 5.74) is -0.0903. The van der Waals surface area contributed by atoms with Gasteiger partial charge >= 0.3 is 11.9 Å². The molecule has 0 aromatic carbocycles. The maximum absolute atomic E-state index is 10.1. The smallest absolute Gasteiger partial charge is 0.331 e. The Morgan fingerprint density at radius 1 is 1.36 bits per heavy atom. The Labute approximate surface area is 76.7 Å². The van der Waals surface area contributed by atoms with Crippen LogP contribution in [0.2, 0.25) is 0 Å². The summed E-state index contributed by atoms with van der Waals surface area (Å²) < 4.78 is 0. The summed E-state index contributed by atoms with van der Waals surface area (Å²) >= 11 is 0. The van der Waals surface area contributed by atoms with Crippen LogP contribution in [-0.4, -0.2) is 22.2 Å². The molecule has 0 unspecified atom stereocenters. The summed E-state index contributed by atoms with van der Waals surface area (Å²) in [5, 5.41) is 16.5. The Morgan fingerprint density at radius 3 is 1.91 bits per heavy atom. The Balaban J connectivity index is 0. The molecule has 5 heteroatoms. The van der Waals surface area contributed by atoms with E-state index >= 15 is 0 Å². The van der Waals surface area contributed by atoms with Gasteiger partial charge in [-0.3, -0.25) is 4.79 Å². The number of hydrogen-bond donors (Lipinski definition) is 2. The van der Waals surface area contributed by atoms with Gasteiger partial charge in [0.05, 0.1) is 6.42 Å². The third-order valence-corrected chi connectivity index (χ3v) is 0.965. The second-order valence-electron chi connectivity index (χ2n) is 1.69. The fourth-order valence-corrected chi connectivity index (χ4v) is 0.464. The second-order valence-corrected chi connectivity index (χ2v) is 1.69. The van der Waals surface area contributed by atoms with Gasteiger partial charge in [-0.25, -0.2) is 4.79 Å². The Bertz CT molecular complexity index is 185. The molecule has 0 aromatic rings. The molecule has 0 aliphatic carbocycles. The van der Waals surface area contributed by atoms with Crippen LogP contribution in [0, 0.1) is 0 Å². The molecule has 0 amide bonds. The summed E-state index contributed by atoms with van der Waals surface area (Å²) in [7, 11) is 0. The van der Waals surface area contributed by atoms with E-state index in [1.807, 2.05) is 0 Å². The minimum absolute atomic E-state index is 0. The number of carbonyl (C=O) groups is 2. The van der Waals surface area contributed by atoms with Crippen molar-refractivity contribution in [3.05, 3.63) is 11.6 Å². The van der Waals surface area contributed by atoms with Gasteiger partial charge in [0, 0.05) is 25.1 Å². The maximum atomic E-state index is 10.1. The molecule has 0 fully saturated rings. The molecule has 0 saturated heterocycles. The first-order chi connectivity index (χ1) is 4.57. The van der Waals surface area contributed by atoms with Crippen molar-refractivity contribution in [1.29, 1.82) is 0 Å². The number of hydrogen-bond acceptors (Lipinski definition) is 2. The van der Waals surface area contributed by atoms with E-state index in [1.165, 1.54) is 13.0 Å². The van der Waals surface area contributed by atoms with Crippen LogP contribution in [0.4, 0.5) is 0 Å². The number of carboxylic acids is 2. The van der Waals surface area contributed by atoms with Gasteiger partial charge in [-0.2, -0.15) is 0 Å². The maximum Gasteiger partial charge on any atom is 0.331 e. The Hall–Kier alpha value is -0.697. The van der Waals surface area contributed by atoms with Gasteiger partial charge in [0.25, 0.3) is 0 Å². The van der Waals surface area contributed by atoms with Crippen molar-refractivity contribution >= 4 is 11.9 Å². The van der Waals surface area contributed by atoms with Crippen molar-refractivity contribution in [2.75, 3.05) is 0 Å². The molecule has 0 atom stereocenters. The van der Waals surface area contributed by atoms with Crippen LogP contribution in [0.25, 0.3) is 0 Å². The van der Waals surface area contributed by atoms with Crippen LogP contribution in [0.15, 0.2) is 11.6 Å². The molecule has 0 spiro atoms. The largest absolute Gasteiger partial charge is 0.481 e. The van der Waals surface area contributed by atoms with Crippen LogP contribution in [0.3, 0.4) is 0 Å². The number of aliphatic carboxylic acids is 2. The van der Waals surface area contributed by atoms with Crippen molar-refractivity contribution in [2.45, 2.75) is 13.3 Å². The van der Waals surface area contributed by atoms with E-state index in [-0.39, 0.29) is 25.1 Å². The molecule has 11 heavy (non-hydrogen) atoms. The van der Waals surface area contributed by atoms with E-state index < -0.39 is 18.4 Å². The van der Waals surface area contributed by atoms with Crippen molar-refractivity contribution in [3.63, 3.8) is 0 Å². The SMILES string of the molecule is CC=C(CC(=O)O)C(=O)O.[Zn]. The number of allylic oxidation sites excluding steroid dienone is 1. The first-order valence-electron chi connectivity index (χ1n) is 2.68. The van der Waals surface area contributed by atoms with Gasteiger partial charge in [-0.15, -0.1) is 0 Å². The molecule has 2 N–H and O–H groups in total. The summed E-state index contributed by atoms with van der Waals surface area (Å²) in [4.78, 5) is 20.1. The predicted molar refractivity (Wildman–Crippen MR) is 33.6 cm³/mol. The van der Waals surface area contributed by atoms with Gasteiger partial charge in [0.15, 0.2) is 0 Å². The van der Waals surface area contributed by atoms with Crippen LogP contribution in [-0.2, 0) is 29.1 Å². The summed E-state index contributed by atoms with van der Waals surface area (Å²) in [6.45, 7) is 1.49. The summed E-state index contributed by atoms with van der Waals surface area (Å²) in [6.07, 6.45) is 0.849. The third kappa shape index (κ3) is 5.73. The molecule has 0 aliphatic rings. The van der Waals surface area contributed by atoms with Gasteiger partial charge in [-0.1, -0.05) is 6.08 Å². The van der Waals surface area contributed by atoms with E-state index in [0.29, 0.717) is 0 Å². The summed E-state index contributed by atoms with van der Waals surface area (Å²) in [5.74, 6) is -2.31. The molecule has 0 aliphatic heterocycles. The quantitative estimate of drug-likeness (QED) is 0.524. The fraction of sp³-hybridized carbons (Fsp3) is 0.333. The molecule has 0 rings (SSSR count). The molecular formula is C6H8O4Zn. The Kier molecular flexibility index (Phi) is 7.10. The molecule has 58 valence electrons. The zero-order chi connectivity index (χ0) is 8.15. The molecule has 4 nitrogen and oxygen atoms in total. The minimum atomic E-state index is -1.18. The predicted octanol–water partition coefficient (Wildman–Crippen LogP) is 0.490. The van der Waals surface area contributed by atoms with Crippen molar-refractivity contribution in [1.82, 2.24) is 0 Å². The second kappa shape index (κ2) is 6.04. The molecule has 0 saturated carbocycles. The van der Waals surface area contributed by atoms with E-state index in [2.05, 4.69) is 0 Å². The first-order valence-corrected chi connectivity index (χ1v) is 2.68. The van der Waals surface area contributed by atoms with E-state index in [1.54, 1.807) is 0 Å². The van der Waals surface area contributed by atoms with Crippen LogP contribution in [0.1, 0.15) is 13.3 Å². The van der Waals surface area contributed by atoms with Crippen molar-refractivity contribution < 1.29 is 39.3 Å². The molecule has 0 bridgehead atoms. The molecular weight excluding hydrogens is 201 g/mol. The molecule has 0 radical (unpaired) electrons. The molecule has 0 heterocycles. The van der Waals surface area contributed by atoms with Crippen molar-refractivity contribution in [2.24, 2.45) is 0 Å². The average molecular weight is 210 g/mol. The minimum Gasteiger partial charge on any atom is -0.481 e. The fourth-order valence-electron chi connectivity index (χ4n) is 0.464. The topological polar surface area (TPSA) is 74.6 Å². The zero-order valence-electron chi connectivity index (χ0n) is 6.20. The Morgan fingerprint density at radius 2 is 1.82 bits per heavy atom. The van der Waals surface area contributed by atoms with E-state index in [9.17, 15) is 9.59 Å². The van der Waals surface area contributed by atoms with Gasteiger partial charge in [0.1, 0.15) is 0 Å². The van der Waals surface area contributed by atoms with E-state index in [0.717, 1.165) is 0 Å². The van der Waals surface area contributed by atoms with Crippen molar-refractivity contribution in [3.8, 4) is 0 Å². The number of carboxylic acid groups (broad SMARTS) is 2.